The summed E-state index contributed by atoms with van der Waals surface area (Å²) in [5.41, 5.74) is -3.44. The van der Waals surface area contributed by atoms with Crippen molar-refractivity contribution in [1.29, 1.82) is 0 Å². The molecule has 2 amide bonds. The lowest BCUT2D eigenvalue weighted by Gasteiger charge is -2.41. The number of rotatable bonds is 3. The first kappa shape index (κ1) is 24.7. The summed E-state index contributed by atoms with van der Waals surface area (Å²) in [7, 11) is 1.70. The smallest absolute Gasteiger partial charge is 0.274 e. The van der Waals surface area contributed by atoms with Gasteiger partial charge in [0.1, 0.15) is 28.9 Å². The van der Waals surface area contributed by atoms with Crippen LogP contribution >= 0.6 is 0 Å². The summed E-state index contributed by atoms with van der Waals surface area (Å²) in [5, 5.41) is 20.1. The van der Waals surface area contributed by atoms with Crippen LogP contribution in [-0.2, 0) is 11.4 Å². The first-order chi connectivity index (χ1) is 17.6. The van der Waals surface area contributed by atoms with Crippen molar-refractivity contribution in [2.45, 2.75) is 50.4 Å². The monoisotopic (exact) mass is 519 g/mol. The summed E-state index contributed by atoms with van der Waals surface area (Å²) >= 11 is 0. The van der Waals surface area contributed by atoms with Crippen LogP contribution in [0.2, 0.25) is 0 Å². The molecule has 37 heavy (non-hydrogen) atoms. The number of nitrogens with zero attached hydrogens (tertiary/aromatic N) is 3. The van der Waals surface area contributed by atoms with Crippen molar-refractivity contribution >= 4 is 17.6 Å². The number of halogens is 3. The summed E-state index contributed by atoms with van der Waals surface area (Å²) < 4.78 is 42.6. The van der Waals surface area contributed by atoms with Crippen LogP contribution in [0.15, 0.2) is 28.3 Å². The van der Waals surface area contributed by atoms with Crippen molar-refractivity contribution in [3.05, 3.63) is 62.8 Å². The Kier molecular flexibility index (Phi) is 5.88. The molecule has 5 rings (SSSR count). The topological polar surface area (TPSA) is 125 Å². The van der Waals surface area contributed by atoms with Crippen LogP contribution in [0.4, 0.5) is 13.2 Å². The molecule has 2 bridgehead atoms. The molecule has 1 aromatic carbocycles. The lowest BCUT2D eigenvalue weighted by Crippen LogP contribution is -2.52. The Morgan fingerprint density at radius 2 is 1.97 bits per heavy atom. The van der Waals surface area contributed by atoms with E-state index in [4.69, 9.17) is 4.84 Å². The van der Waals surface area contributed by atoms with Gasteiger partial charge in [-0.1, -0.05) is 5.16 Å². The highest BCUT2D eigenvalue weighted by Gasteiger charge is 2.54. The van der Waals surface area contributed by atoms with Gasteiger partial charge in [-0.3, -0.25) is 14.4 Å². The first-order valence-corrected chi connectivity index (χ1v) is 11.7. The number of hydrogen-bond acceptors (Lipinski definition) is 7. The zero-order valence-corrected chi connectivity index (χ0v) is 20.0. The van der Waals surface area contributed by atoms with E-state index >= 15 is 0 Å². The summed E-state index contributed by atoms with van der Waals surface area (Å²) in [6.07, 6.45) is 2.62. The third kappa shape index (κ3) is 3.89. The number of amides is 2. The molecule has 196 valence electrons. The molecule has 3 aliphatic heterocycles. The molecule has 0 unspecified atom stereocenters. The zero-order chi connectivity index (χ0) is 26.6. The molecule has 0 saturated carbocycles. The lowest BCUT2D eigenvalue weighted by atomic mass is 9.85. The van der Waals surface area contributed by atoms with Gasteiger partial charge < -0.3 is 30.0 Å². The maximum atomic E-state index is 14.0. The summed E-state index contributed by atoms with van der Waals surface area (Å²) in [4.78, 5) is 46.6. The average Bonchev–Trinajstić information content (AvgIpc) is 3.23. The Balaban J connectivity index is 1.55. The largest absolute Gasteiger partial charge is 0.503 e. The van der Waals surface area contributed by atoms with Gasteiger partial charge in [-0.15, -0.1) is 0 Å². The maximum absolute atomic E-state index is 14.0. The third-order valence-electron chi connectivity index (χ3n) is 7.37. The Hall–Kier alpha value is -4.03. The Bertz CT molecular complexity index is 1390. The number of carbonyl (C=O) groups excluding carboxylic acids is 2. The van der Waals surface area contributed by atoms with E-state index in [1.165, 1.54) is 4.57 Å². The molecule has 3 atom stereocenters. The third-order valence-corrected chi connectivity index (χ3v) is 7.37. The highest BCUT2D eigenvalue weighted by atomic mass is 19.1. The van der Waals surface area contributed by atoms with Crippen molar-refractivity contribution in [2.75, 3.05) is 13.6 Å². The van der Waals surface area contributed by atoms with Gasteiger partial charge >= 0.3 is 0 Å². The summed E-state index contributed by atoms with van der Waals surface area (Å²) in [6, 6.07) is 0.127. The molecular formula is C24H24F3N5O5. The van der Waals surface area contributed by atoms with E-state index in [2.05, 4.69) is 15.8 Å². The first-order valence-electron chi connectivity index (χ1n) is 11.7. The summed E-state index contributed by atoms with van der Waals surface area (Å²) in [5.74, 6) is -5.46. The van der Waals surface area contributed by atoms with Crippen molar-refractivity contribution < 1.29 is 32.7 Å². The molecule has 1 saturated heterocycles. The van der Waals surface area contributed by atoms with Crippen molar-refractivity contribution in [3.8, 4) is 5.75 Å². The molecule has 2 aromatic rings. The number of benzene rings is 1. The molecule has 3 N–H and O–H groups in total. The lowest BCUT2D eigenvalue weighted by molar-refractivity contribution is -0.0655. The summed E-state index contributed by atoms with van der Waals surface area (Å²) in [6.45, 7) is 1.37. The standard InChI is InChI=1S/C24H24F3N5O5/c1-11-3-4-24(7-18(28-2)30-37-24)17-10-31(11)23(36)19-21(34)20(33)14(9-32(17)19)22(35)29-8-13-15(26)5-12(25)6-16(13)27/h5-6,9,11,17,34H,3-4,7-8,10H2,1-2H3,(H,28,30)(H,29,35)/t11-,17+,24-/m0/s1. The van der Waals surface area contributed by atoms with Gasteiger partial charge in [0.05, 0.1) is 12.5 Å². The molecular weight excluding hydrogens is 495 g/mol. The average molecular weight is 519 g/mol. The minimum absolute atomic E-state index is 0.189. The quantitative estimate of drug-likeness (QED) is 0.568. The number of nitrogens with one attached hydrogen (secondary N) is 2. The Labute approximate surface area is 208 Å². The number of aromatic hydroxyl groups is 1. The molecule has 0 aliphatic carbocycles. The second kappa shape index (κ2) is 8.82. The van der Waals surface area contributed by atoms with Gasteiger partial charge in [0.2, 0.25) is 5.43 Å². The molecule has 3 aliphatic rings. The van der Waals surface area contributed by atoms with Crippen LogP contribution in [0, 0.1) is 17.5 Å². The van der Waals surface area contributed by atoms with Crippen LogP contribution in [0.25, 0.3) is 0 Å². The number of carbonyl (C=O) groups is 2. The number of fused-ring (bicyclic) bond motifs is 5. The second-order valence-corrected chi connectivity index (χ2v) is 9.49. The number of oxime groups is 1. The number of pyridine rings is 1. The van der Waals surface area contributed by atoms with E-state index in [1.54, 1.807) is 11.9 Å². The van der Waals surface area contributed by atoms with E-state index in [-0.39, 0.29) is 18.3 Å². The van der Waals surface area contributed by atoms with Gasteiger partial charge in [0.25, 0.3) is 11.8 Å². The molecule has 1 fully saturated rings. The number of amidine groups is 1. The van der Waals surface area contributed by atoms with E-state index in [1.807, 2.05) is 6.92 Å². The van der Waals surface area contributed by atoms with Gasteiger partial charge in [-0.25, -0.2) is 13.2 Å². The minimum atomic E-state index is -1.21. The van der Waals surface area contributed by atoms with Gasteiger partial charge in [-0.05, 0) is 19.8 Å². The molecule has 1 aromatic heterocycles. The Morgan fingerprint density at radius 1 is 1.27 bits per heavy atom. The molecule has 1 spiro atoms. The predicted octanol–water partition coefficient (Wildman–Crippen LogP) is 1.77. The SMILES string of the molecule is CNC1=NO[C@@]2(CC[C@H](C)N3C[C@H]2n2cc(C(=O)NCc4c(F)cc(F)cc4F)c(=O)c(O)c2C3=O)C1. The molecule has 4 heterocycles. The van der Waals surface area contributed by atoms with E-state index in [0.717, 1.165) is 6.20 Å². The van der Waals surface area contributed by atoms with Crippen LogP contribution in [-0.4, -0.2) is 57.5 Å². The van der Waals surface area contributed by atoms with Crippen molar-refractivity contribution in [1.82, 2.24) is 20.1 Å². The van der Waals surface area contributed by atoms with Gasteiger partial charge in [0, 0.05) is 50.1 Å². The predicted molar refractivity (Wildman–Crippen MR) is 124 cm³/mol. The van der Waals surface area contributed by atoms with E-state index in [0.29, 0.717) is 37.2 Å². The van der Waals surface area contributed by atoms with Crippen molar-refractivity contribution in [3.63, 3.8) is 0 Å². The second-order valence-electron chi connectivity index (χ2n) is 9.49. The van der Waals surface area contributed by atoms with Crippen LogP contribution in [0.5, 0.6) is 5.75 Å². The fourth-order valence-electron chi connectivity index (χ4n) is 5.25. The van der Waals surface area contributed by atoms with E-state index in [9.17, 15) is 32.7 Å². The Morgan fingerprint density at radius 3 is 2.62 bits per heavy atom. The molecule has 13 heteroatoms. The van der Waals surface area contributed by atoms with Crippen LogP contribution in [0.3, 0.4) is 0 Å². The van der Waals surface area contributed by atoms with E-state index < -0.39 is 69.8 Å². The highest BCUT2D eigenvalue weighted by molar-refractivity contribution is 5.99. The fraction of sp³-hybridized carbons (Fsp3) is 0.417. The normalized spacial score (nSPS) is 24.3. The number of aromatic nitrogens is 1. The minimum Gasteiger partial charge on any atom is -0.503 e. The molecule has 10 nitrogen and oxygen atoms in total. The fourth-order valence-corrected chi connectivity index (χ4v) is 5.25. The zero-order valence-electron chi connectivity index (χ0n) is 20.0. The van der Waals surface area contributed by atoms with Gasteiger partial charge in [-0.2, -0.15) is 0 Å². The molecule has 0 radical (unpaired) electrons. The maximum Gasteiger partial charge on any atom is 0.274 e. The van der Waals surface area contributed by atoms with Gasteiger partial charge in [0.15, 0.2) is 17.0 Å². The highest BCUT2D eigenvalue weighted by Crippen LogP contribution is 2.45. The van der Waals surface area contributed by atoms with Crippen molar-refractivity contribution in [2.24, 2.45) is 5.16 Å². The van der Waals surface area contributed by atoms with Crippen LogP contribution < -0.4 is 16.1 Å². The van der Waals surface area contributed by atoms with Crippen LogP contribution in [0.1, 0.15) is 58.6 Å². The number of hydrogen-bond donors (Lipinski definition) is 3.